The van der Waals surface area contributed by atoms with Crippen molar-refractivity contribution in [1.29, 1.82) is 0 Å². The topological polar surface area (TPSA) is 97.6 Å². The quantitative estimate of drug-likeness (QED) is 0.567. The van der Waals surface area contributed by atoms with Gasteiger partial charge in [0.2, 0.25) is 5.95 Å². The molecule has 3 aromatic rings. The third-order valence-electron chi connectivity index (χ3n) is 7.25. The van der Waals surface area contributed by atoms with E-state index in [4.69, 9.17) is 21.1 Å². The van der Waals surface area contributed by atoms with E-state index in [1.807, 2.05) is 29.8 Å². The van der Waals surface area contributed by atoms with Gasteiger partial charge in [-0.25, -0.2) is 19.4 Å². The fourth-order valence-corrected chi connectivity index (χ4v) is 5.44. The minimum atomic E-state index is -0.343. The first kappa shape index (κ1) is 22.5. The summed E-state index contributed by atoms with van der Waals surface area (Å²) < 4.78 is 12.4. The fourth-order valence-electron chi connectivity index (χ4n) is 5.17. The molecule has 3 aliphatic rings. The van der Waals surface area contributed by atoms with E-state index in [-0.39, 0.29) is 18.2 Å². The zero-order chi connectivity index (χ0) is 24.1. The maximum Gasteiger partial charge on any atom is 0.414 e. The van der Waals surface area contributed by atoms with Crippen molar-refractivity contribution in [2.75, 3.05) is 43.1 Å². The number of rotatable bonds is 5. The van der Waals surface area contributed by atoms with E-state index in [0.29, 0.717) is 35.4 Å². The summed E-state index contributed by atoms with van der Waals surface area (Å²) in [6, 6.07) is 6.42. The Hall–Kier alpha value is -2.95. The highest BCUT2D eigenvalue weighted by atomic mass is 35.5. The Morgan fingerprint density at radius 2 is 2.03 bits per heavy atom. The van der Waals surface area contributed by atoms with Crippen molar-refractivity contribution < 1.29 is 14.3 Å². The second-order valence-corrected chi connectivity index (χ2v) is 10.0. The molecule has 1 amide bonds. The Kier molecular flexibility index (Phi) is 5.74. The van der Waals surface area contributed by atoms with Gasteiger partial charge in [0.25, 0.3) is 0 Å². The van der Waals surface area contributed by atoms with Gasteiger partial charge in [-0.05, 0) is 37.5 Å². The smallest absolute Gasteiger partial charge is 0.414 e. The Bertz CT molecular complexity index is 1260. The van der Waals surface area contributed by atoms with Crippen molar-refractivity contribution in [2.45, 2.75) is 38.4 Å². The highest BCUT2D eigenvalue weighted by molar-refractivity contribution is 6.32. The molecular formula is C24H28ClN7O3. The molecule has 0 radical (unpaired) electrons. The molecule has 1 aromatic carbocycles. The molecule has 2 aromatic heterocycles. The predicted octanol–water partition coefficient (Wildman–Crippen LogP) is 3.85. The zero-order valence-corrected chi connectivity index (χ0v) is 20.5. The third kappa shape index (κ3) is 4.09. The Balaban J connectivity index is 1.20. The van der Waals surface area contributed by atoms with Crippen molar-refractivity contribution in [3.05, 3.63) is 35.7 Å². The standard InChI is InChI=1S/C24H28ClN7O3/c1-14-10-30(18-12-34-13-18)6-5-21(14)32-22(25)20(9-27-32)29-23-26-8-16-3-4-17(7-19(16)28-23)31-15(2)11-35-24(31)33/h3-4,7-9,14-15,18,21H,5-6,10-13H2,1-2H3,(H,26,28,29)/t14-,15+,21?/m1/s1. The second kappa shape index (κ2) is 8.92. The van der Waals surface area contributed by atoms with Crippen LogP contribution in [-0.4, -0.2) is 75.7 Å². The lowest BCUT2D eigenvalue weighted by atomic mass is 9.92. The molecule has 184 valence electrons. The van der Waals surface area contributed by atoms with Crippen molar-refractivity contribution in [1.82, 2.24) is 24.6 Å². The minimum Gasteiger partial charge on any atom is -0.447 e. The van der Waals surface area contributed by atoms with Crippen LogP contribution in [0, 0.1) is 5.92 Å². The maximum atomic E-state index is 12.1. The zero-order valence-electron chi connectivity index (χ0n) is 19.7. The summed E-state index contributed by atoms with van der Waals surface area (Å²) in [7, 11) is 0. The molecule has 5 heterocycles. The number of hydrogen-bond donors (Lipinski definition) is 1. The molecule has 1 unspecified atom stereocenters. The molecule has 3 saturated heterocycles. The highest BCUT2D eigenvalue weighted by Gasteiger charge is 2.35. The van der Waals surface area contributed by atoms with Crippen molar-refractivity contribution in [3.8, 4) is 0 Å². The molecule has 3 fully saturated rings. The predicted molar refractivity (Wildman–Crippen MR) is 132 cm³/mol. The van der Waals surface area contributed by atoms with Gasteiger partial charge in [0.1, 0.15) is 6.61 Å². The third-order valence-corrected chi connectivity index (χ3v) is 7.63. The number of cyclic esters (lactones) is 1. The molecule has 10 nitrogen and oxygen atoms in total. The fraction of sp³-hybridized carbons (Fsp3) is 0.500. The van der Waals surface area contributed by atoms with Gasteiger partial charge in [-0.2, -0.15) is 5.10 Å². The molecule has 0 saturated carbocycles. The number of anilines is 3. The van der Waals surface area contributed by atoms with E-state index < -0.39 is 0 Å². The van der Waals surface area contributed by atoms with E-state index in [1.54, 1.807) is 17.3 Å². The van der Waals surface area contributed by atoms with E-state index >= 15 is 0 Å². The second-order valence-electron chi connectivity index (χ2n) is 9.67. The summed E-state index contributed by atoms with van der Waals surface area (Å²) in [5, 5.41) is 9.24. The van der Waals surface area contributed by atoms with E-state index in [1.165, 1.54) is 0 Å². The molecule has 1 N–H and O–H groups in total. The maximum absolute atomic E-state index is 12.1. The largest absolute Gasteiger partial charge is 0.447 e. The number of ether oxygens (including phenoxy) is 2. The van der Waals surface area contributed by atoms with Gasteiger partial charge < -0.3 is 14.8 Å². The molecule has 11 heteroatoms. The molecule has 0 spiro atoms. The first-order chi connectivity index (χ1) is 17.0. The number of hydrogen-bond acceptors (Lipinski definition) is 8. The van der Waals surface area contributed by atoms with Gasteiger partial charge in [0.05, 0.1) is 48.7 Å². The van der Waals surface area contributed by atoms with Crippen LogP contribution in [0.4, 0.5) is 22.1 Å². The van der Waals surface area contributed by atoms with Crippen molar-refractivity contribution >= 4 is 45.9 Å². The van der Waals surface area contributed by atoms with Crippen LogP contribution in [0.25, 0.3) is 10.9 Å². The van der Waals surface area contributed by atoms with Crippen LogP contribution in [0.2, 0.25) is 5.15 Å². The molecule has 6 rings (SSSR count). The minimum absolute atomic E-state index is 0.0275. The molecular weight excluding hydrogens is 470 g/mol. The average Bonchev–Trinajstić information content (AvgIpc) is 3.33. The Labute approximate surface area is 208 Å². The molecule has 0 bridgehead atoms. The van der Waals surface area contributed by atoms with Crippen LogP contribution in [0.1, 0.15) is 26.3 Å². The SMILES string of the molecule is C[C@@H]1CN(C2COC2)CCC1n1ncc(Nc2ncc3ccc(N4C(=O)OC[C@@H]4C)cc3n2)c1Cl. The van der Waals surface area contributed by atoms with Gasteiger partial charge in [0.15, 0.2) is 5.15 Å². The number of nitrogens with zero attached hydrogens (tertiary/aromatic N) is 6. The number of aromatic nitrogens is 4. The number of carbonyl (C=O) groups is 1. The number of halogens is 1. The number of fused-ring (bicyclic) bond motifs is 1. The van der Waals surface area contributed by atoms with Gasteiger partial charge in [0, 0.05) is 30.4 Å². The van der Waals surface area contributed by atoms with Gasteiger partial charge >= 0.3 is 6.09 Å². The van der Waals surface area contributed by atoms with E-state index in [9.17, 15) is 4.79 Å². The van der Waals surface area contributed by atoms with Crippen LogP contribution >= 0.6 is 11.6 Å². The number of nitrogens with one attached hydrogen (secondary N) is 1. The van der Waals surface area contributed by atoms with Crippen LogP contribution < -0.4 is 10.2 Å². The number of amides is 1. The monoisotopic (exact) mass is 497 g/mol. The summed E-state index contributed by atoms with van der Waals surface area (Å²) in [4.78, 5) is 25.4. The molecule has 0 aliphatic carbocycles. The first-order valence-corrected chi connectivity index (χ1v) is 12.4. The lowest BCUT2D eigenvalue weighted by Gasteiger charge is -2.44. The number of likely N-dealkylation sites (tertiary alicyclic amines) is 1. The van der Waals surface area contributed by atoms with Crippen molar-refractivity contribution in [2.24, 2.45) is 5.92 Å². The summed E-state index contributed by atoms with van der Waals surface area (Å²) in [5.41, 5.74) is 2.13. The average molecular weight is 498 g/mol. The molecule has 3 aliphatic heterocycles. The number of benzene rings is 1. The van der Waals surface area contributed by atoms with Gasteiger partial charge in [-0.3, -0.25) is 9.80 Å². The summed E-state index contributed by atoms with van der Waals surface area (Å²) in [5.74, 6) is 0.839. The van der Waals surface area contributed by atoms with Gasteiger partial charge in [-0.1, -0.05) is 18.5 Å². The molecule has 3 atom stereocenters. The lowest BCUT2D eigenvalue weighted by Crippen LogP contribution is -2.54. The number of carbonyl (C=O) groups excluding carboxylic acids is 1. The van der Waals surface area contributed by atoms with Crippen LogP contribution in [0.5, 0.6) is 0 Å². The van der Waals surface area contributed by atoms with Gasteiger partial charge in [-0.15, -0.1) is 0 Å². The van der Waals surface area contributed by atoms with Crippen LogP contribution in [0.3, 0.4) is 0 Å². The van der Waals surface area contributed by atoms with E-state index in [2.05, 4.69) is 32.2 Å². The summed E-state index contributed by atoms with van der Waals surface area (Å²) in [6.07, 6.45) is 4.13. The lowest BCUT2D eigenvalue weighted by molar-refractivity contribution is -0.0807. The Morgan fingerprint density at radius 1 is 1.17 bits per heavy atom. The Morgan fingerprint density at radius 3 is 2.74 bits per heavy atom. The highest BCUT2D eigenvalue weighted by Crippen LogP contribution is 2.35. The van der Waals surface area contributed by atoms with Crippen molar-refractivity contribution in [3.63, 3.8) is 0 Å². The number of piperidine rings is 1. The van der Waals surface area contributed by atoms with Crippen LogP contribution in [-0.2, 0) is 9.47 Å². The first-order valence-electron chi connectivity index (χ1n) is 12.0. The normalized spacial score (nSPS) is 25.6. The van der Waals surface area contributed by atoms with E-state index in [0.717, 1.165) is 49.3 Å². The summed E-state index contributed by atoms with van der Waals surface area (Å²) in [6.45, 7) is 8.28. The molecule has 35 heavy (non-hydrogen) atoms. The summed E-state index contributed by atoms with van der Waals surface area (Å²) >= 11 is 6.76. The van der Waals surface area contributed by atoms with Crippen LogP contribution in [0.15, 0.2) is 30.6 Å².